The number of hydrogen-bond donors (Lipinski definition) is 0. The Morgan fingerprint density at radius 1 is 1.20 bits per heavy atom. The number of nitrogens with zero attached hydrogens (tertiary/aromatic N) is 1. The van der Waals surface area contributed by atoms with Crippen molar-refractivity contribution in [3.63, 3.8) is 0 Å². The van der Waals surface area contributed by atoms with Crippen molar-refractivity contribution in [2.75, 3.05) is 0 Å². The predicted molar refractivity (Wildman–Crippen MR) is 73.6 cm³/mol. The Balaban J connectivity index is 1.90. The lowest BCUT2D eigenvalue weighted by atomic mass is 10.1. The minimum atomic E-state index is -0.366. The maximum Gasteiger partial charge on any atom is 0.343 e. The number of hydrogen-bond acceptors (Lipinski definition) is 4. The number of aryl methyl sites for hydroxylation is 2. The zero-order chi connectivity index (χ0) is 14.1. The molecule has 4 heteroatoms. The van der Waals surface area contributed by atoms with Gasteiger partial charge in [-0.15, -0.1) is 0 Å². The fourth-order valence-corrected chi connectivity index (χ4v) is 2.20. The molecule has 0 unspecified atom stereocenters. The summed E-state index contributed by atoms with van der Waals surface area (Å²) in [6.07, 6.45) is 1.78. The Morgan fingerprint density at radius 3 is 2.70 bits per heavy atom. The second kappa shape index (κ2) is 5.06. The molecule has 1 aromatic carbocycles. The summed E-state index contributed by atoms with van der Waals surface area (Å²) in [6.45, 7) is 4.80. The molecule has 1 aromatic heterocycles. The Kier molecular flexibility index (Phi) is 3.24. The van der Waals surface area contributed by atoms with Crippen molar-refractivity contribution in [1.82, 2.24) is 4.98 Å². The summed E-state index contributed by atoms with van der Waals surface area (Å²) in [4.78, 5) is 16.4. The van der Waals surface area contributed by atoms with Crippen LogP contribution in [0.1, 0.15) is 32.7 Å². The fraction of sp³-hybridized carbons (Fsp3) is 0.250. The van der Waals surface area contributed by atoms with Gasteiger partial charge in [-0.25, -0.2) is 4.79 Å². The SMILES string of the molecule is Cc1ccc(C(=O)Oc2c(C)ncc3c2COC3)cc1. The number of benzene rings is 1. The molecule has 2 aromatic rings. The van der Waals surface area contributed by atoms with Gasteiger partial charge in [0, 0.05) is 17.3 Å². The molecule has 0 saturated heterocycles. The molecule has 0 saturated carbocycles. The third kappa shape index (κ3) is 2.30. The highest BCUT2D eigenvalue weighted by molar-refractivity contribution is 5.91. The van der Waals surface area contributed by atoms with Crippen molar-refractivity contribution in [1.29, 1.82) is 0 Å². The molecule has 0 spiro atoms. The zero-order valence-corrected chi connectivity index (χ0v) is 11.5. The van der Waals surface area contributed by atoms with Crippen LogP contribution in [0.15, 0.2) is 30.5 Å². The van der Waals surface area contributed by atoms with Crippen molar-refractivity contribution in [3.8, 4) is 5.75 Å². The molecular weight excluding hydrogens is 254 g/mol. The second-order valence-electron chi connectivity index (χ2n) is 4.92. The van der Waals surface area contributed by atoms with E-state index in [1.165, 1.54) is 0 Å². The Morgan fingerprint density at radius 2 is 1.95 bits per heavy atom. The number of pyridine rings is 1. The van der Waals surface area contributed by atoms with E-state index < -0.39 is 0 Å². The fourth-order valence-electron chi connectivity index (χ4n) is 2.20. The van der Waals surface area contributed by atoms with Crippen LogP contribution in [-0.2, 0) is 18.0 Å². The van der Waals surface area contributed by atoms with E-state index in [4.69, 9.17) is 9.47 Å². The Hall–Kier alpha value is -2.20. The zero-order valence-electron chi connectivity index (χ0n) is 11.5. The summed E-state index contributed by atoms with van der Waals surface area (Å²) in [6, 6.07) is 7.31. The number of carbonyl (C=O) groups is 1. The minimum Gasteiger partial charge on any atom is -0.421 e. The maximum absolute atomic E-state index is 12.2. The highest BCUT2D eigenvalue weighted by atomic mass is 16.5. The molecule has 102 valence electrons. The molecular formula is C16H15NO3. The van der Waals surface area contributed by atoms with Crippen LogP contribution in [0.2, 0.25) is 0 Å². The molecule has 3 rings (SSSR count). The molecule has 0 amide bonds. The van der Waals surface area contributed by atoms with Gasteiger partial charge in [0.1, 0.15) is 0 Å². The molecule has 0 fully saturated rings. The minimum absolute atomic E-state index is 0.366. The van der Waals surface area contributed by atoms with E-state index >= 15 is 0 Å². The first kappa shape index (κ1) is 12.8. The van der Waals surface area contributed by atoms with E-state index in [1.54, 1.807) is 18.3 Å². The standard InChI is InChI=1S/C16H15NO3/c1-10-3-5-12(6-4-10)16(18)20-15-11(2)17-7-13-8-19-9-14(13)15/h3-7H,8-9H2,1-2H3. The largest absolute Gasteiger partial charge is 0.421 e. The third-order valence-electron chi connectivity index (χ3n) is 3.39. The molecule has 0 N–H and O–H groups in total. The van der Waals surface area contributed by atoms with Gasteiger partial charge >= 0.3 is 5.97 Å². The van der Waals surface area contributed by atoms with Crippen molar-refractivity contribution in [2.24, 2.45) is 0 Å². The molecule has 0 bridgehead atoms. The number of ether oxygens (including phenoxy) is 2. The van der Waals surface area contributed by atoms with Crippen molar-refractivity contribution in [3.05, 3.63) is 58.4 Å². The Bertz CT molecular complexity index is 662. The number of carbonyl (C=O) groups excluding carboxylic acids is 1. The number of esters is 1. The summed E-state index contributed by atoms with van der Waals surface area (Å²) in [7, 11) is 0. The predicted octanol–water partition coefficient (Wildman–Crippen LogP) is 2.95. The van der Waals surface area contributed by atoms with Crippen LogP contribution in [0.4, 0.5) is 0 Å². The van der Waals surface area contributed by atoms with E-state index in [-0.39, 0.29) is 5.97 Å². The lowest BCUT2D eigenvalue weighted by Crippen LogP contribution is -2.11. The first-order valence-corrected chi connectivity index (χ1v) is 6.49. The van der Waals surface area contributed by atoms with Crippen LogP contribution in [0.3, 0.4) is 0 Å². The van der Waals surface area contributed by atoms with Crippen LogP contribution in [0.25, 0.3) is 0 Å². The lowest BCUT2D eigenvalue weighted by Gasteiger charge is -2.10. The van der Waals surface area contributed by atoms with Crippen LogP contribution >= 0.6 is 0 Å². The topological polar surface area (TPSA) is 48.4 Å². The quantitative estimate of drug-likeness (QED) is 0.786. The van der Waals surface area contributed by atoms with Crippen LogP contribution in [0, 0.1) is 13.8 Å². The molecule has 4 nitrogen and oxygen atoms in total. The van der Waals surface area contributed by atoms with E-state index in [9.17, 15) is 4.79 Å². The molecule has 20 heavy (non-hydrogen) atoms. The average molecular weight is 269 g/mol. The monoisotopic (exact) mass is 269 g/mol. The van der Waals surface area contributed by atoms with Gasteiger partial charge in [0.05, 0.1) is 24.5 Å². The molecule has 2 heterocycles. The van der Waals surface area contributed by atoms with E-state index in [0.717, 1.165) is 16.7 Å². The first-order chi connectivity index (χ1) is 9.65. The summed E-state index contributed by atoms with van der Waals surface area (Å²) in [5, 5.41) is 0. The lowest BCUT2D eigenvalue weighted by molar-refractivity contribution is 0.0727. The summed E-state index contributed by atoms with van der Waals surface area (Å²) in [5.74, 6) is 0.167. The molecule has 1 aliphatic rings. The summed E-state index contributed by atoms with van der Waals surface area (Å²) < 4.78 is 10.9. The smallest absolute Gasteiger partial charge is 0.343 e. The van der Waals surface area contributed by atoms with Gasteiger partial charge < -0.3 is 9.47 Å². The summed E-state index contributed by atoms with van der Waals surface area (Å²) in [5.41, 5.74) is 4.26. The highest BCUT2D eigenvalue weighted by Gasteiger charge is 2.21. The number of fused-ring (bicyclic) bond motifs is 1. The normalized spacial score (nSPS) is 13.1. The van der Waals surface area contributed by atoms with Crippen LogP contribution in [0.5, 0.6) is 5.75 Å². The van der Waals surface area contributed by atoms with Crippen molar-refractivity contribution < 1.29 is 14.3 Å². The van der Waals surface area contributed by atoms with Gasteiger partial charge in [0.15, 0.2) is 5.75 Å². The van der Waals surface area contributed by atoms with Gasteiger partial charge in [-0.1, -0.05) is 17.7 Å². The van der Waals surface area contributed by atoms with Crippen LogP contribution in [-0.4, -0.2) is 11.0 Å². The van der Waals surface area contributed by atoms with Gasteiger partial charge in [-0.3, -0.25) is 4.98 Å². The van der Waals surface area contributed by atoms with Crippen molar-refractivity contribution in [2.45, 2.75) is 27.1 Å². The molecule has 0 aliphatic carbocycles. The van der Waals surface area contributed by atoms with Crippen molar-refractivity contribution >= 4 is 5.97 Å². The van der Waals surface area contributed by atoms with E-state index in [1.807, 2.05) is 26.0 Å². The molecule has 0 radical (unpaired) electrons. The maximum atomic E-state index is 12.2. The third-order valence-corrected chi connectivity index (χ3v) is 3.39. The van der Waals surface area contributed by atoms with Crippen LogP contribution < -0.4 is 4.74 Å². The van der Waals surface area contributed by atoms with Gasteiger partial charge in [0.2, 0.25) is 0 Å². The molecule has 0 atom stereocenters. The highest BCUT2D eigenvalue weighted by Crippen LogP contribution is 2.31. The number of rotatable bonds is 2. The van der Waals surface area contributed by atoms with E-state index in [2.05, 4.69) is 4.98 Å². The Labute approximate surface area is 117 Å². The molecule has 1 aliphatic heterocycles. The van der Waals surface area contributed by atoms with Gasteiger partial charge in [-0.05, 0) is 26.0 Å². The summed E-state index contributed by atoms with van der Waals surface area (Å²) >= 11 is 0. The first-order valence-electron chi connectivity index (χ1n) is 6.49. The average Bonchev–Trinajstić information content (AvgIpc) is 2.91. The van der Waals surface area contributed by atoms with E-state index in [0.29, 0.717) is 30.2 Å². The number of aromatic nitrogens is 1. The second-order valence-corrected chi connectivity index (χ2v) is 4.92. The van der Waals surface area contributed by atoms with Gasteiger partial charge in [0.25, 0.3) is 0 Å². The van der Waals surface area contributed by atoms with Gasteiger partial charge in [-0.2, -0.15) is 0 Å².